The molecule has 0 aliphatic heterocycles. The van der Waals surface area contributed by atoms with Gasteiger partial charge in [-0.15, -0.1) is 0 Å². The van der Waals surface area contributed by atoms with Gasteiger partial charge in [0.25, 0.3) is 0 Å². The Kier molecular flexibility index (Phi) is 2.89. The van der Waals surface area contributed by atoms with Crippen molar-refractivity contribution in [2.24, 2.45) is 0 Å². The van der Waals surface area contributed by atoms with Gasteiger partial charge >= 0.3 is 6.18 Å². The van der Waals surface area contributed by atoms with Gasteiger partial charge in [-0.2, -0.15) is 18.3 Å². The number of hydrogen-bond donors (Lipinski definition) is 1. The zero-order valence-electron chi connectivity index (χ0n) is 8.59. The zero-order valence-corrected chi connectivity index (χ0v) is 8.59. The normalized spacial score (nSPS) is 13.6. The summed E-state index contributed by atoms with van der Waals surface area (Å²) in [6, 6.07) is 7.11. The van der Waals surface area contributed by atoms with Gasteiger partial charge in [-0.3, -0.25) is 0 Å². The molecule has 2 rings (SSSR count). The smallest absolute Gasteiger partial charge is 0.379 e. The van der Waals surface area contributed by atoms with Crippen LogP contribution in [0.5, 0.6) is 0 Å². The lowest BCUT2D eigenvalue weighted by Gasteiger charge is -2.14. The number of halogens is 3. The summed E-state index contributed by atoms with van der Waals surface area (Å²) >= 11 is 0. The highest BCUT2D eigenvalue weighted by atomic mass is 19.4. The Labute approximate surface area is 95.1 Å². The summed E-state index contributed by atoms with van der Waals surface area (Å²) in [6.45, 7) is 0. The van der Waals surface area contributed by atoms with Gasteiger partial charge in [-0.25, -0.2) is 4.68 Å². The van der Waals surface area contributed by atoms with Crippen LogP contribution in [0.25, 0.3) is 5.69 Å². The molecule has 0 amide bonds. The van der Waals surface area contributed by atoms with Crippen LogP contribution in [0.3, 0.4) is 0 Å². The van der Waals surface area contributed by atoms with Crippen LogP contribution >= 0.6 is 0 Å². The summed E-state index contributed by atoms with van der Waals surface area (Å²) in [4.78, 5) is 0. The molecular weight excluding hydrogens is 233 g/mol. The third-order valence-electron chi connectivity index (χ3n) is 2.29. The van der Waals surface area contributed by atoms with Gasteiger partial charge in [0.05, 0.1) is 5.69 Å². The standard InChI is InChI=1S/C11H9F3N2O/c12-11(13,14)10(17)8-2-4-9(5-3-8)16-7-1-6-15-16/h1-7,10,17H/t10-/m0/s1. The molecule has 1 atom stereocenters. The molecule has 0 saturated carbocycles. The fraction of sp³-hybridized carbons (Fsp3) is 0.182. The summed E-state index contributed by atoms with van der Waals surface area (Å²) in [7, 11) is 0. The Morgan fingerprint density at radius 1 is 1.18 bits per heavy atom. The molecule has 0 radical (unpaired) electrons. The summed E-state index contributed by atoms with van der Waals surface area (Å²) < 4.78 is 38.2. The lowest BCUT2D eigenvalue weighted by atomic mass is 10.1. The zero-order chi connectivity index (χ0) is 12.5. The monoisotopic (exact) mass is 242 g/mol. The first kappa shape index (κ1) is 11.7. The van der Waals surface area contributed by atoms with Crippen LogP contribution in [0.1, 0.15) is 11.7 Å². The molecule has 0 unspecified atom stereocenters. The van der Waals surface area contributed by atoms with E-state index in [-0.39, 0.29) is 5.56 Å². The number of aliphatic hydroxyl groups excluding tert-OH is 1. The Bertz CT molecular complexity index is 476. The molecule has 1 aromatic carbocycles. The van der Waals surface area contributed by atoms with E-state index in [9.17, 15) is 13.2 Å². The molecule has 0 bridgehead atoms. The molecule has 0 aliphatic rings. The van der Waals surface area contributed by atoms with E-state index in [1.807, 2.05) is 0 Å². The molecule has 1 aromatic heterocycles. The van der Waals surface area contributed by atoms with Crippen LogP contribution < -0.4 is 0 Å². The number of benzene rings is 1. The molecule has 0 spiro atoms. The van der Waals surface area contributed by atoms with Crippen molar-refractivity contribution in [1.29, 1.82) is 0 Å². The van der Waals surface area contributed by atoms with Gasteiger partial charge < -0.3 is 5.11 Å². The predicted molar refractivity (Wildman–Crippen MR) is 54.6 cm³/mol. The van der Waals surface area contributed by atoms with Crippen LogP contribution in [-0.4, -0.2) is 21.1 Å². The van der Waals surface area contributed by atoms with E-state index in [1.54, 1.807) is 18.5 Å². The van der Waals surface area contributed by atoms with Crippen molar-refractivity contribution in [2.45, 2.75) is 12.3 Å². The van der Waals surface area contributed by atoms with Gasteiger partial charge in [-0.05, 0) is 23.8 Å². The molecule has 6 heteroatoms. The number of aromatic nitrogens is 2. The molecule has 1 N–H and O–H groups in total. The molecule has 17 heavy (non-hydrogen) atoms. The number of nitrogens with zero attached hydrogens (tertiary/aromatic N) is 2. The minimum absolute atomic E-state index is 0.187. The van der Waals surface area contributed by atoms with Crippen molar-refractivity contribution >= 4 is 0 Å². The molecular formula is C11H9F3N2O. The van der Waals surface area contributed by atoms with Gasteiger partial charge in [-0.1, -0.05) is 12.1 Å². The molecule has 2 aromatic rings. The Hall–Kier alpha value is -1.82. The van der Waals surface area contributed by atoms with E-state index in [4.69, 9.17) is 5.11 Å². The predicted octanol–water partition coefficient (Wildman–Crippen LogP) is 2.47. The maximum Gasteiger partial charge on any atom is 0.418 e. The van der Waals surface area contributed by atoms with E-state index in [2.05, 4.69) is 5.10 Å². The molecule has 0 aliphatic carbocycles. The van der Waals surface area contributed by atoms with Gasteiger partial charge in [0.15, 0.2) is 6.10 Å². The Morgan fingerprint density at radius 3 is 2.29 bits per heavy atom. The minimum Gasteiger partial charge on any atom is -0.379 e. The number of hydrogen-bond acceptors (Lipinski definition) is 2. The van der Waals surface area contributed by atoms with Crippen molar-refractivity contribution in [2.75, 3.05) is 0 Å². The first-order valence-electron chi connectivity index (χ1n) is 4.83. The highest BCUT2D eigenvalue weighted by Gasteiger charge is 2.39. The summed E-state index contributed by atoms with van der Waals surface area (Å²) in [5, 5.41) is 13.0. The topological polar surface area (TPSA) is 38.0 Å². The van der Waals surface area contributed by atoms with E-state index in [1.165, 1.54) is 28.9 Å². The molecule has 0 saturated heterocycles. The van der Waals surface area contributed by atoms with E-state index < -0.39 is 12.3 Å². The van der Waals surface area contributed by atoms with Crippen molar-refractivity contribution in [3.8, 4) is 5.69 Å². The first-order valence-corrected chi connectivity index (χ1v) is 4.83. The van der Waals surface area contributed by atoms with Gasteiger partial charge in [0.1, 0.15) is 0 Å². The van der Waals surface area contributed by atoms with Crippen LogP contribution in [0.2, 0.25) is 0 Å². The number of aliphatic hydroxyl groups is 1. The molecule has 1 heterocycles. The van der Waals surface area contributed by atoms with Crippen molar-refractivity contribution in [3.05, 3.63) is 48.3 Å². The van der Waals surface area contributed by atoms with Crippen LogP contribution in [0.15, 0.2) is 42.7 Å². The van der Waals surface area contributed by atoms with Crippen LogP contribution in [0.4, 0.5) is 13.2 Å². The second-order valence-corrected chi connectivity index (χ2v) is 3.49. The maximum atomic E-state index is 12.2. The third kappa shape index (κ3) is 2.47. The fourth-order valence-corrected chi connectivity index (χ4v) is 1.42. The first-order chi connectivity index (χ1) is 7.98. The maximum absolute atomic E-state index is 12.2. The van der Waals surface area contributed by atoms with E-state index >= 15 is 0 Å². The molecule has 3 nitrogen and oxygen atoms in total. The number of alkyl halides is 3. The van der Waals surface area contributed by atoms with Gasteiger partial charge in [0, 0.05) is 12.4 Å². The third-order valence-corrected chi connectivity index (χ3v) is 2.29. The Morgan fingerprint density at radius 2 is 1.82 bits per heavy atom. The lowest BCUT2D eigenvalue weighted by Crippen LogP contribution is -2.20. The van der Waals surface area contributed by atoms with E-state index in [0.29, 0.717) is 5.69 Å². The highest BCUT2D eigenvalue weighted by molar-refractivity contribution is 5.34. The molecule has 90 valence electrons. The SMILES string of the molecule is O[C@@H](c1ccc(-n2cccn2)cc1)C(F)(F)F. The van der Waals surface area contributed by atoms with Crippen molar-refractivity contribution < 1.29 is 18.3 Å². The minimum atomic E-state index is -4.65. The van der Waals surface area contributed by atoms with Gasteiger partial charge in [0.2, 0.25) is 0 Å². The quantitative estimate of drug-likeness (QED) is 0.878. The second kappa shape index (κ2) is 4.21. The summed E-state index contributed by atoms with van der Waals surface area (Å²) in [5.74, 6) is 0. The summed E-state index contributed by atoms with van der Waals surface area (Å²) in [6.07, 6.45) is -3.85. The largest absolute Gasteiger partial charge is 0.418 e. The average molecular weight is 242 g/mol. The second-order valence-electron chi connectivity index (χ2n) is 3.49. The van der Waals surface area contributed by atoms with Crippen LogP contribution in [-0.2, 0) is 0 Å². The van der Waals surface area contributed by atoms with Crippen LogP contribution in [0, 0.1) is 0 Å². The fourth-order valence-electron chi connectivity index (χ4n) is 1.42. The highest BCUT2D eigenvalue weighted by Crippen LogP contribution is 2.32. The number of rotatable bonds is 2. The van der Waals surface area contributed by atoms with Crippen molar-refractivity contribution in [3.63, 3.8) is 0 Å². The Balaban J connectivity index is 2.25. The lowest BCUT2D eigenvalue weighted by molar-refractivity contribution is -0.206. The average Bonchev–Trinajstić information content (AvgIpc) is 2.80. The van der Waals surface area contributed by atoms with Crippen molar-refractivity contribution in [1.82, 2.24) is 9.78 Å². The molecule has 0 fully saturated rings. The van der Waals surface area contributed by atoms with E-state index in [0.717, 1.165) is 0 Å². The summed E-state index contributed by atoms with van der Waals surface area (Å²) in [5.41, 5.74) is 0.446.